The average Bonchev–Trinajstić information content (AvgIpc) is 3.12. The van der Waals surface area contributed by atoms with E-state index in [0.29, 0.717) is 12.1 Å². The quantitative estimate of drug-likeness (QED) is 0.898. The summed E-state index contributed by atoms with van der Waals surface area (Å²) in [6, 6.07) is 6.90. The zero-order chi connectivity index (χ0) is 13.2. The number of ether oxygens (including phenoxy) is 1. The van der Waals surface area contributed by atoms with Crippen LogP contribution in [0.1, 0.15) is 24.8 Å². The molecule has 0 bridgehead atoms. The minimum absolute atomic E-state index is 0.350. The van der Waals surface area contributed by atoms with E-state index in [-0.39, 0.29) is 0 Å². The molecule has 1 aromatic carbocycles. The zero-order valence-corrected chi connectivity index (χ0v) is 12.1. The summed E-state index contributed by atoms with van der Waals surface area (Å²) in [7, 11) is 1.79. The molecule has 1 N–H and O–H groups in total. The third kappa shape index (κ3) is 3.04. The van der Waals surface area contributed by atoms with Crippen LogP contribution in [0.3, 0.4) is 0 Å². The second-order valence-corrected chi connectivity index (χ2v) is 5.89. The number of halogens is 1. The summed E-state index contributed by atoms with van der Waals surface area (Å²) in [6.07, 6.45) is 4.05. The third-order valence-corrected chi connectivity index (χ3v) is 4.41. The lowest BCUT2D eigenvalue weighted by atomic mass is 10.1. The molecule has 2 fully saturated rings. The van der Waals surface area contributed by atoms with Gasteiger partial charge < -0.3 is 15.0 Å². The first-order valence-electron chi connectivity index (χ1n) is 7.06. The van der Waals surface area contributed by atoms with Crippen molar-refractivity contribution in [3.63, 3.8) is 0 Å². The van der Waals surface area contributed by atoms with Gasteiger partial charge in [0, 0.05) is 49.1 Å². The van der Waals surface area contributed by atoms with Gasteiger partial charge in [0.2, 0.25) is 0 Å². The summed E-state index contributed by atoms with van der Waals surface area (Å²) in [5.74, 6) is 0. The SMILES string of the molecule is COC1CCN(c2cccc(Cl)c2CNC2CC2)C1. The molecule has 1 heterocycles. The number of benzene rings is 1. The summed E-state index contributed by atoms with van der Waals surface area (Å²) < 4.78 is 5.45. The summed E-state index contributed by atoms with van der Waals surface area (Å²) in [4.78, 5) is 2.39. The van der Waals surface area contributed by atoms with Crippen molar-refractivity contribution >= 4 is 17.3 Å². The Hall–Kier alpha value is -0.770. The van der Waals surface area contributed by atoms with Crippen molar-refractivity contribution in [1.29, 1.82) is 0 Å². The first kappa shape index (κ1) is 13.2. The van der Waals surface area contributed by atoms with Gasteiger partial charge in [0.15, 0.2) is 0 Å². The van der Waals surface area contributed by atoms with E-state index in [1.807, 2.05) is 12.1 Å². The predicted octanol–water partition coefficient (Wildman–Crippen LogP) is 2.82. The minimum Gasteiger partial charge on any atom is -0.380 e. The van der Waals surface area contributed by atoms with Crippen molar-refractivity contribution in [2.24, 2.45) is 0 Å². The summed E-state index contributed by atoms with van der Waals surface area (Å²) in [5, 5.41) is 4.43. The molecular weight excluding hydrogens is 260 g/mol. The molecule has 3 rings (SSSR count). The lowest BCUT2D eigenvalue weighted by Crippen LogP contribution is -2.25. The van der Waals surface area contributed by atoms with Gasteiger partial charge in [0.25, 0.3) is 0 Å². The summed E-state index contributed by atoms with van der Waals surface area (Å²) in [6.45, 7) is 2.89. The Balaban J connectivity index is 1.77. The van der Waals surface area contributed by atoms with E-state index < -0.39 is 0 Å². The Morgan fingerprint density at radius 1 is 1.37 bits per heavy atom. The molecule has 4 heteroatoms. The molecule has 104 valence electrons. The van der Waals surface area contributed by atoms with E-state index in [2.05, 4.69) is 16.3 Å². The van der Waals surface area contributed by atoms with Gasteiger partial charge in [0.1, 0.15) is 0 Å². The van der Waals surface area contributed by atoms with Gasteiger partial charge in [-0.25, -0.2) is 0 Å². The Bertz CT molecular complexity index is 448. The molecule has 1 atom stereocenters. The normalized spacial score (nSPS) is 23.1. The number of methoxy groups -OCH3 is 1. The van der Waals surface area contributed by atoms with Crippen LogP contribution in [0.25, 0.3) is 0 Å². The molecule has 1 saturated heterocycles. The smallest absolute Gasteiger partial charge is 0.0762 e. The van der Waals surface area contributed by atoms with E-state index in [0.717, 1.165) is 31.1 Å². The lowest BCUT2D eigenvalue weighted by Gasteiger charge is -2.23. The van der Waals surface area contributed by atoms with Crippen LogP contribution in [0.2, 0.25) is 5.02 Å². The fourth-order valence-corrected chi connectivity index (χ4v) is 2.93. The van der Waals surface area contributed by atoms with Gasteiger partial charge in [-0.3, -0.25) is 0 Å². The largest absolute Gasteiger partial charge is 0.380 e. The fraction of sp³-hybridized carbons (Fsp3) is 0.600. The molecule has 0 amide bonds. The number of rotatable bonds is 5. The highest BCUT2D eigenvalue weighted by atomic mass is 35.5. The van der Waals surface area contributed by atoms with Crippen molar-refractivity contribution in [2.75, 3.05) is 25.1 Å². The second kappa shape index (κ2) is 5.70. The highest BCUT2D eigenvalue weighted by Crippen LogP contribution is 2.31. The van der Waals surface area contributed by atoms with Crippen molar-refractivity contribution in [1.82, 2.24) is 5.32 Å². The van der Waals surface area contributed by atoms with E-state index in [1.54, 1.807) is 7.11 Å². The zero-order valence-electron chi connectivity index (χ0n) is 11.4. The van der Waals surface area contributed by atoms with Crippen molar-refractivity contribution in [3.8, 4) is 0 Å². The van der Waals surface area contributed by atoms with Crippen LogP contribution >= 0.6 is 11.6 Å². The maximum Gasteiger partial charge on any atom is 0.0762 e. The Morgan fingerprint density at radius 3 is 2.89 bits per heavy atom. The van der Waals surface area contributed by atoms with E-state index >= 15 is 0 Å². The highest BCUT2D eigenvalue weighted by molar-refractivity contribution is 6.31. The molecule has 1 aliphatic carbocycles. The predicted molar refractivity (Wildman–Crippen MR) is 78.9 cm³/mol. The number of nitrogens with zero attached hydrogens (tertiary/aromatic N) is 1. The van der Waals surface area contributed by atoms with Crippen LogP contribution in [0.4, 0.5) is 5.69 Å². The topological polar surface area (TPSA) is 24.5 Å². The molecule has 1 aliphatic heterocycles. The van der Waals surface area contributed by atoms with Crippen LogP contribution in [-0.4, -0.2) is 32.3 Å². The number of hydrogen-bond acceptors (Lipinski definition) is 3. The van der Waals surface area contributed by atoms with E-state index in [4.69, 9.17) is 16.3 Å². The van der Waals surface area contributed by atoms with Crippen molar-refractivity contribution < 1.29 is 4.74 Å². The number of anilines is 1. The van der Waals surface area contributed by atoms with Crippen LogP contribution in [-0.2, 0) is 11.3 Å². The molecule has 0 aromatic heterocycles. The standard InChI is InChI=1S/C15H21ClN2O/c1-19-12-7-8-18(10-12)15-4-2-3-14(16)13(15)9-17-11-5-6-11/h2-4,11-12,17H,5-10H2,1H3. The summed E-state index contributed by atoms with van der Waals surface area (Å²) >= 11 is 6.38. The van der Waals surface area contributed by atoms with Crippen molar-refractivity contribution in [3.05, 3.63) is 28.8 Å². The van der Waals surface area contributed by atoms with Crippen molar-refractivity contribution in [2.45, 2.75) is 38.0 Å². The first-order valence-corrected chi connectivity index (χ1v) is 7.44. The molecule has 1 saturated carbocycles. The monoisotopic (exact) mass is 280 g/mol. The van der Waals surface area contributed by atoms with Gasteiger partial charge in [-0.2, -0.15) is 0 Å². The summed E-state index contributed by atoms with van der Waals surface area (Å²) in [5.41, 5.74) is 2.49. The highest BCUT2D eigenvalue weighted by Gasteiger charge is 2.26. The van der Waals surface area contributed by atoms with Crippen LogP contribution in [0, 0.1) is 0 Å². The van der Waals surface area contributed by atoms with Gasteiger partial charge >= 0.3 is 0 Å². The van der Waals surface area contributed by atoms with Gasteiger partial charge in [0.05, 0.1) is 6.10 Å². The van der Waals surface area contributed by atoms with E-state index in [1.165, 1.54) is 24.1 Å². The van der Waals surface area contributed by atoms with Gasteiger partial charge in [-0.05, 0) is 31.4 Å². The fourth-order valence-electron chi connectivity index (χ4n) is 2.69. The molecule has 1 unspecified atom stereocenters. The molecular formula is C15H21ClN2O. The van der Waals surface area contributed by atoms with Gasteiger partial charge in [-0.15, -0.1) is 0 Å². The van der Waals surface area contributed by atoms with Crippen LogP contribution in [0.15, 0.2) is 18.2 Å². The maximum absolute atomic E-state index is 6.38. The molecule has 0 spiro atoms. The minimum atomic E-state index is 0.350. The maximum atomic E-state index is 6.38. The average molecular weight is 281 g/mol. The third-order valence-electron chi connectivity index (χ3n) is 4.06. The molecule has 1 aromatic rings. The molecule has 2 aliphatic rings. The van der Waals surface area contributed by atoms with Crippen LogP contribution < -0.4 is 10.2 Å². The molecule has 0 radical (unpaired) electrons. The first-order chi connectivity index (χ1) is 9.28. The lowest BCUT2D eigenvalue weighted by molar-refractivity contribution is 0.121. The Kier molecular flexibility index (Phi) is 3.96. The van der Waals surface area contributed by atoms with Gasteiger partial charge in [-0.1, -0.05) is 17.7 Å². The molecule has 19 heavy (non-hydrogen) atoms. The van der Waals surface area contributed by atoms with E-state index in [9.17, 15) is 0 Å². The second-order valence-electron chi connectivity index (χ2n) is 5.49. The molecule has 3 nitrogen and oxygen atoms in total. The Labute approximate surface area is 119 Å². The Morgan fingerprint density at radius 2 is 2.21 bits per heavy atom. The van der Waals surface area contributed by atoms with Crippen LogP contribution in [0.5, 0.6) is 0 Å². The number of hydrogen-bond donors (Lipinski definition) is 1. The number of nitrogens with one attached hydrogen (secondary N) is 1.